The highest BCUT2D eigenvalue weighted by atomic mass is 35.5. The van der Waals surface area contributed by atoms with Crippen LogP contribution in [0.3, 0.4) is 0 Å². The van der Waals surface area contributed by atoms with Crippen LogP contribution in [0.25, 0.3) is 145 Å². The number of hydrogen-bond donors (Lipinski definition) is 0. The Hall–Kier alpha value is -12.9. The number of hydrogen-bond acceptors (Lipinski definition) is 6. The Bertz CT molecular complexity index is 6940. The lowest BCUT2D eigenvalue weighted by atomic mass is 9.60. The number of halogens is 2. The Balaban J connectivity index is 0.000000173. The molecule has 3 fully saturated rings. The van der Waals surface area contributed by atoms with Crippen molar-refractivity contribution in [2.75, 3.05) is 41.7 Å². The smallest absolute Gasteiger partial charge is 0.147 e. The predicted octanol–water partition coefficient (Wildman–Crippen LogP) is 34.7. The molecule has 0 saturated heterocycles. The van der Waals surface area contributed by atoms with Gasteiger partial charge >= 0.3 is 0 Å². The molecule has 6 nitrogen and oxygen atoms in total. The first-order chi connectivity index (χ1) is 66.9. The normalized spacial score (nSPS) is 19.9. The van der Waals surface area contributed by atoms with Gasteiger partial charge in [0.05, 0.1) is 16.8 Å². The Morgan fingerprint density at radius 3 is 0.533 bits per heavy atom. The largest absolute Gasteiger partial charge is 0.359 e. The second-order valence-electron chi connectivity index (χ2n) is 38.9. The maximum atomic E-state index is 7.15. The van der Waals surface area contributed by atoms with E-state index >= 15 is 0 Å². The zero-order chi connectivity index (χ0) is 93.6. The molecule has 17 aromatic rings. The maximum Gasteiger partial charge on any atom is 0.147 e. The summed E-state index contributed by atoms with van der Waals surface area (Å²) < 4.78 is 36.8. The van der Waals surface area contributed by atoms with Crippen molar-refractivity contribution in [3.63, 3.8) is 0 Å². The minimum atomic E-state index is -0.551. The van der Waals surface area contributed by atoms with Crippen molar-refractivity contribution in [2.24, 2.45) is 0 Å². The second kappa shape index (κ2) is 40.0. The van der Waals surface area contributed by atoms with Gasteiger partial charge in [0.2, 0.25) is 0 Å². The van der Waals surface area contributed by atoms with Crippen molar-refractivity contribution in [1.29, 1.82) is 0 Å². The van der Waals surface area contributed by atoms with Crippen LogP contribution in [-0.4, -0.2) is 41.7 Å². The molecule has 19 aliphatic carbocycles. The van der Waals surface area contributed by atoms with Crippen LogP contribution in [0.2, 0.25) is 10.0 Å². The highest BCUT2D eigenvalue weighted by Gasteiger charge is 2.48. The zero-order valence-electron chi connectivity index (χ0n) is 79.1. The molecular weight excluding hydrogens is 1720 g/mol. The first-order valence-corrected chi connectivity index (χ1v) is 49.2. The Kier molecular flexibility index (Phi) is 26.8. The molecule has 8 heteroatoms. The summed E-state index contributed by atoms with van der Waals surface area (Å²) in [6.07, 6.45) is 11.4. The van der Waals surface area contributed by atoms with Crippen LogP contribution in [0.5, 0.6) is 0 Å². The molecule has 0 amide bonds. The van der Waals surface area contributed by atoms with Gasteiger partial charge in [0.1, 0.15) is 20.4 Å². The van der Waals surface area contributed by atoms with E-state index in [0.29, 0.717) is 0 Å². The highest BCUT2D eigenvalue weighted by Crippen LogP contribution is 2.55. The SMILES string of the molecule is COCOC12CCC(C)(CC1)c1ccc(cc1)-c1ccc(cc1)C1(C)CCC(C)(CC1)c1ccc(cc1)-c1ccc(cc1Cl)-c1ccc(cc1)C1(OCOC)CCC(OCOC)(CC1)c1ccc(cc1)-c1ccc2cc1.Clc1cc(-c2ccc(-c3ccc(-c4ccc(-c5ccc(-c6ccc(-c7ccc(-c8ccccc8)cc7)cc6)cc5)cc4)cc3)cc2)ccc1-c1ccc(-c2ccccc2)cc1. The van der Waals surface area contributed by atoms with Gasteiger partial charge in [-0.25, -0.2) is 0 Å². The third kappa shape index (κ3) is 19.5. The number of benzene rings is 17. The van der Waals surface area contributed by atoms with Gasteiger partial charge in [0.15, 0.2) is 0 Å². The Labute approximate surface area is 818 Å². The molecule has 0 aliphatic heterocycles. The molecule has 0 heterocycles. The third-order valence-electron chi connectivity index (χ3n) is 30.8. The average Bonchev–Trinajstić information content (AvgIpc) is 0.756. The summed E-state index contributed by atoms with van der Waals surface area (Å²) in [5.74, 6) is 0. The van der Waals surface area contributed by atoms with Gasteiger partial charge in [-0.3, -0.25) is 0 Å². The monoisotopic (exact) mass is 1830 g/mol. The van der Waals surface area contributed by atoms with Crippen LogP contribution < -0.4 is 0 Å². The van der Waals surface area contributed by atoms with Crippen molar-refractivity contribution in [3.05, 3.63) is 456 Å². The van der Waals surface area contributed by atoms with E-state index < -0.39 is 16.8 Å². The van der Waals surface area contributed by atoms with Crippen LogP contribution in [-0.2, 0) is 61.5 Å². The van der Waals surface area contributed by atoms with Gasteiger partial charge in [0, 0.05) is 42.5 Å². The van der Waals surface area contributed by atoms with Gasteiger partial charge in [-0.1, -0.05) is 444 Å². The van der Waals surface area contributed by atoms with E-state index in [4.69, 9.17) is 51.6 Å². The predicted molar refractivity (Wildman–Crippen MR) is 568 cm³/mol. The summed E-state index contributed by atoms with van der Waals surface area (Å²) in [5, 5.41) is 1.49. The van der Waals surface area contributed by atoms with Crippen LogP contribution >= 0.6 is 23.2 Å². The van der Waals surface area contributed by atoms with Gasteiger partial charge in [-0.15, -0.1) is 0 Å². The van der Waals surface area contributed by atoms with Crippen LogP contribution in [0, 0.1) is 0 Å². The lowest BCUT2D eigenvalue weighted by Gasteiger charge is -2.46. The lowest BCUT2D eigenvalue weighted by Crippen LogP contribution is -2.43. The third-order valence-corrected chi connectivity index (χ3v) is 31.4. The number of methoxy groups -OCH3 is 3. The minimum Gasteiger partial charge on any atom is -0.359 e. The van der Waals surface area contributed by atoms with E-state index in [0.717, 1.165) is 154 Å². The van der Waals surface area contributed by atoms with E-state index in [1.54, 1.807) is 21.3 Å². The van der Waals surface area contributed by atoms with E-state index in [1.807, 2.05) is 6.07 Å². The molecule has 0 N–H and O–H groups in total. The lowest BCUT2D eigenvalue weighted by molar-refractivity contribution is -0.203. The summed E-state index contributed by atoms with van der Waals surface area (Å²) in [7, 11) is 5.09. The van der Waals surface area contributed by atoms with Crippen molar-refractivity contribution >= 4 is 23.2 Å². The standard InChI is InChI=1S/C69H75ClO6.C60H41Cl/c1-64-33-35-65(2,36-34-64)58-24-17-54(18-25-58)62-32-19-55(45-63(62)70)53-15-30-61(31-16-53)69(76-48-73-6)43-41-68(42-44-69,75-47-72-5)60-28-13-52(14-29-60)51-11-26-59(27-12-51)67(74-46-71-4)39-37-66(3,38-40-67)57-22-9-50(10-23-57)49-7-20-56(64)21-8-49;61-60-41-58(39-40-59(60)57-37-35-45(36-38-57)43-9-5-2-6-10-43)56-33-31-55(32-34-56)54-29-27-53(28-30-54)52-25-23-51(24-26-52)50-21-19-49(20-22-50)48-17-15-47(16-18-48)46-13-11-44(12-14-46)42-7-3-1-4-8-42/h7-32,45H,33-44,46-48H2,1-6H3;1-41H. The molecule has 0 aromatic heterocycles. The van der Waals surface area contributed by atoms with Crippen molar-refractivity contribution in [3.8, 4) is 145 Å². The fourth-order valence-corrected chi connectivity index (χ4v) is 22.3. The Morgan fingerprint density at radius 1 is 0.175 bits per heavy atom. The zero-order valence-corrected chi connectivity index (χ0v) is 80.6. The molecule has 137 heavy (non-hydrogen) atoms. The summed E-state index contributed by atoms with van der Waals surface area (Å²) in [4.78, 5) is 0. The molecule has 19 aliphatic rings. The van der Waals surface area contributed by atoms with Gasteiger partial charge in [0.25, 0.3) is 0 Å². The molecule has 0 atom stereocenters. The van der Waals surface area contributed by atoms with Crippen LogP contribution in [0.1, 0.15) is 131 Å². The molecular formula is C129H116Cl2O6. The van der Waals surface area contributed by atoms with Crippen molar-refractivity contribution in [2.45, 2.75) is 131 Å². The molecule has 17 aromatic carbocycles. The van der Waals surface area contributed by atoms with Gasteiger partial charge < -0.3 is 28.4 Å². The molecule has 3 saturated carbocycles. The molecule has 0 spiro atoms. The maximum absolute atomic E-state index is 7.15. The molecule has 0 unspecified atom stereocenters. The molecule has 682 valence electrons. The molecule has 0 radical (unpaired) electrons. The van der Waals surface area contributed by atoms with E-state index in [9.17, 15) is 0 Å². The fraction of sp³-hybridized carbons (Fsp3) is 0.209. The van der Waals surface area contributed by atoms with E-state index in [-0.39, 0.29) is 36.6 Å². The van der Waals surface area contributed by atoms with Crippen LogP contribution in [0.15, 0.2) is 413 Å². The topological polar surface area (TPSA) is 55.4 Å². The van der Waals surface area contributed by atoms with Crippen molar-refractivity contribution in [1.82, 2.24) is 0 Å². The first-order valence-electron chi connectivity index (χ1n) is 48.4. The molecule has 20 bridgehead atoms. The van der Waals surface area contributed by atoms with E-state index in [2.05, 4.69) is 427 Å². The van der Waals surface area contributed by atoms with Crippen LogP contribution in [0.4, 0.5) is 0 Å². The van der Waals surface area contributed by atoms with E-state index in [1.165, 1.54) is 111 Å². The first kappa shape index (κ1) is 91.8. The highest BCUT2D eigenvalue weighted by molar-refractivity contribution is 6.34. The minimum absolute atomic E-state index is 0.0377. The number of rotatable bonds is 18. The van der Waals surface area contributed by atoms with Crippen molar-refractivity contribution < 1.29 is 28.4 Å². The fourth-order valence-electron chi connectivity index (χ4n) is 21.7. The molecule has 36 rings (SSSR count). The average molecular weight is 1830 g/mol. The number of ether oxygens (including phenoxy) is 6. The van der Waals surface area contributed by atoms with Gasteiger partial charge in [-0.2, -0.15) is 0 Å². The van der Waals surface area contributed by atoms with Gasteiger partial charge in [-0.05, 0) is 272 Å². The second-order valence-corrected chi connectivity index (χ2v) is 39.8. The Morgan fingerprint density at radius 2 is 0.328 bits per heavy atom. The summed E-state index contributed by atoms with van der Waals surface area (Å²) in [6, 6.07) is 150. The summed E-state index contributed by atoms with van der Waals surface area (Å²) in [5.41, 5.74) is 36.9. The quantitative estimate of drug-likeness (QED) is 0.0798. The summed E-state index contributed by atoms with van der Waals surface area (Å²) >= 11 is 14.0. The summed E-state index contributed by atoms with van der Waals surface area (Å²) in [6.45, 7) is 8.01.